The van der Waals surface area contributed by atoms with Gasteiger partial charge >= 0.3 is 0 Å². The number of thioether (sulfide) groups is 1. The topological polar surface area (TPSA) is 45.4 Å². The molecule has 0 aliphatic carbocycles. The summed E-state index contributed by atoms with van der Waals surface area (Å²) in [6.45, 7) is 5.34. The van der Waals surface area contributed by atoms with Crippen molar-refractivity contribution in [2.24, 2.45) is 0 Å². The van der Waals surface area contributed by atoms with Gasteiger partial charge in [-0.25, -0.2) is 0 Å². The van der Waals surface area contributed by atoms with Gasteiger partial charge in [0.15, 0.2) is 5.88 Å². The van der Waals surface area contributed by atoms with Gasteiger partial charge in [-0.15, -0.1) is 11.8 Å². The van der Waals surface area contributed by atoms with E-state index in [1.807, 2.05) is 6.26 Å². The molecule has 3 nitrogen and oxygen atoms in total. The van der Waals surface area contributed by atoms with Crippen LogP contribution in [0.5, 0.6) is 11.8 Å². The van der Waals surface area contributed by atoms with Crippen LogP contribution in [-0.4, -0.2) is 21.0 Å². The van der Waals surface area contributed by atoms with E-state index in [0.717, 1.165) is 0 Å². The lowest BCUT2D eigenvalue weighted by Crippen LogP contribution is -1.89. The molecule has 4 heteroatoms. The summed E-state index contributed by atoms with van der Waals surface area (Å²) in [5, 5.41) is 18.8. The fourth-order valence-corrected chi connectivity index (χ4v) is 1.49. The first-order valence-corrected chi connectivity index (χ1v) is 4.64. The highest BCUT2D eigenvalue weighted by molar-refractivity contribution is 7.98. The Bertz CT molecular complexity index is 317. The van der Waals surface area contributed by atoms with Crippen LogP contribution in [0.4, 0.5) is 0 Å². The zero-order chi connectivity index (χ0) is 9.30. The Kier molecular flexibility index (Phi) is 2.38. The van der Waals surface area contributed by atoms with E-state index in [1.54, 1.807) is 6.92 Å². The maximum absolute atomic E-state index is 9.50. The molecule has 1 heterocycles. The molecule has 2 N–H and O–H groups in total. The summed E-state index contributed by atoms with van der Waals surface area (Å²) in [7, 11) is 0. The van der Waals surface area contributed by atoms with Crippen LogP contribution < -0.4 is 0 Å². The fourth-order valence-electron chi connectivity index (χ4n) is 0.992. The largest absolute Gasteiger partial charge is 0.494 e. The highest BCUT2D eigenvalue weighted by atomic mass is 32.2. The minimum atomic E-state index is 0.0179. The van der Waals surface area contributed by atoms with Crippen molar-refractivity contribution in [3.63, 3.8) is 0 Å². The van der Waals surface area contributed by atoms with Gasteiger partial charge in [0, 0.05) is 11.8 Å². The summed E-state index contributed by atoms with van der Waals surface area (Å²) < 4.78 is 1.30. The first-order chi connectivity index (χ1) is 5.57. The second-order valence-corrected chi connectivity index (χ2v) is 3.31. The number of aromatic nitrogens is 1. The van der Waals surface area contributed by atoms with Crippen molar-refractivity contribution in [3.8, 4) is 11.8 Å². The Morgan fingerprint density at radius 1 is 1.58 bits per heavy atom. The lowest BCUT2D eigenvalue weighted by molar-refractivity contribution is 0.400. The van der Waals surface area contributed by atoms with Gasteiger partial charge in [0.2, 0.25) is 5.88 Å². The van der Waals surface area contributed by atoms with Crippen molar-refractivity contribution in [3.05, 3.63) is 12.6 Å². The van der Waals surface area contributed by atoms with Gasteiger partial charge in [0.25, 0.3) is 0 Å². The van der Waals surface area contributed by atoms with Crippen molar-refractivity contribution >= 4 is 17.5 Å². The molecular weight excluding hydrogens is 174 g/mol. The second kappa shape index (κ2) is 3.15. The molecule has 0 spiro atoms. The molecule has 0 atom stereocenters. The summed E-state index contributed by atoms with van der Waals surface area (Å²) in [6.07, 6.45) is 1.83. The predicted molar refractivity (Wildman–Crippen MR) is 50.5 cm³/mol. The smallest absolute Gasteiger partial charge is 0.212 e. The average Bonchev–Trinajstić information content (AvgIpc) is 2.25. The minimum Gasteiger partial charge on any atom is -0.494 e. The van der Waals surface area contributed by atoms with Gasteiger partial charge in [0.05, 0.1) is 4.90 Å². The van der Waals surface area contributed by atoms with Crippen molar-refractivity contribution in [2.75, 3.05) is 6.26 Å². The minimum absolute atomic E-state index is 0.0179. The Hall–Kier alpha value is -1.03. The Labute approximate surface area is 75.3 Å². The predicted octanol–water partition coefficient (Wildman–Crippen LogP) is 2.11. The lowest BCUT2D eigenvalue weighted by Gasteiger charge is -2.04. The molecule has 0 saturated carbocycles. The number of rotatable bonds is 2. The van der Waals surface area contributed by atoms with E-state index in [4.69, 9.17) is 0 Å². The molecule has 0 radical (unpaired) electrons. The molecule has 1 rings (SSSR count). The number of aromatic hydroxyl groups is 2. The normalized spacial score (nSPS) is 10.2. The molecular formula is C8H11NO2S. The summed E-state index contributed by atoms with van der Waals surface area (Å²) in [6, 6.07) is 1.51. The Morgan fingerprint density at radius 3 is 2.42 bits per heavy atom. The van der Waals surface area contributed by atoms with Crippen molar-refractivity contribution in [2.45, 2.75) is 11.8 Å². The average molecular weight is 185 g/mol. The highest BCUT2D eigenvalue weighted by Crippen LogP contribution is 2.35. The van der Waals surface area contributed by atoms with Crippen LogP contribution >= 0.6 is 11.8 Å². The maximum atomic E-state index is 9.50. The standard InChI is InChI=1S/C8H11NO2S/c1-5(2)9-7(10)4-6(12-3)8(9)11/h4,10-11H,1H2,2-3H3. The molecule has 0 aromatic carbocycles. The third-order valence-electron chi connectivity index (χ3n) is 1.52. The molecule has 0 fully saturated rings. The molecule has 0 bridgehead atoms. The summed E-state index contributed by atoms with van der Waals surface area (Å²) in [4.78, 5) is 0.649. The van der Waals surface area contributed by atoms with E-state index in [9.17, 15) is 10.2 Å². The van der Waals surface area contributed by atoms with E-state index in [0.29, 0.717) is 10.6 Å². The quantitative estimate of drug-likeness (QED) is 0.694. The molecule has 1 aromatic rings. The van der Waals surface area contributed by atoms with E-state index >= 15 is 0 Å². The summed E-state index contributed by atoms with van der Waals surface area (Å²) in [5.41, 5.74) is 0.588. The van der Waals surface area contributed by atoms with Crippen LogP contribution in [0.2, 0.25) is 0 Å². The zero-order valence-electron chi connectivity index (χ0n) is 7.03. The van der Waals surface area contributed by atoms with Gasteiger partial charge in [0.1, 0.15) is 0 Å². The molecule has 0 saturated heterocycles. The molecule has 66 valence electrons. The number of nitrogens with zero attached hydrogens (tertiary/aromatic N) is 1. The van der Waals surface area contributed by atoms with E-state index < -0.39 is 0 Å². The van der Waals surface area contributed by atoms with Crippen LogP contribution in [0.15, 0.2) is 17.5 Å². The van der Waals surface area contributed by atoms with E-state index in [-0.39, 0.29) is 11.8 Å². The van der Waals surface area contributed by atoms with Crippen LogP contribution in [-0.2, 0) is 0 Å². The van der Waals surface area contributed by atoms with Crippen LogP contribution in [0.25, 0.3) is 5.70 Å². The molecule has 0 aliphatic rings. The zero-order valence-corrected chi connectivity index (χ0v) is 7.85. The third kappa shape index (κ3) is 1.30. The second-order valence-electron chi connectivity index (χ2n) is 2.47. The number of allylic oxidation sites excluding steroid dienone is 1. The molecule has 1 aromatic heterocycles. The van der Waals surface area contributed by atoms with Gasteiger partial charge in [-0.1, -0.05) is 6.58 Å². The number of hydrogen-bond acceptors (Lipinski definition) is 3. The Morgan fingerprint density at radius 2 is 2.17 bits per heavy atom. The molecule has 0 unspecified atom stereocenters. The summed E-state index contributed by atoms with van der Waals surface area (Å²) in [5.74, 6) is 0.0665. The molecule has 0 amide bonds. The highest BCUT2D eigenvalue weighted by Gasteiger charge is 2.12. The SMILES string of the molecule is C=C(C)n1c(O)cc(SC)c1O. The third-order valence-corrected chi connectivity index (χ3v) is 2.26. The number of hydrogen-bond donors (Lipinski definition) is 2. The van der Waals surface area contributed by atoms with Gasteiger partial charge in [-0.05, 0) is 13.2 Å². The van der Waals surface area contributed by atoms with Crippen LogP contribution in [0.1, 0.15) is 6.92 Å². The van der Waals surface area contributed by atoms with Gasteiger partial charge in [-0.3, -0.25) is 4.57 Å². The molecule has 12 heavy (non-hydrogen) atoms. The van der Waals surface area contributed by atoms with Crippen molar-refractivity contribution < 1.29 is 10.2 Å². The molecule has 0 aliphatic heterocycles. The maximum Gasteiger partial charge on any atom is 0.212 e. The van der Waals surface area contributed by atoms with Crippen LogP contribution in [0, 0.1) is 0 Å². The van der Waals surface area contributed by atoms with E-state index in [1.165, 1.54) is 22.4 Å². The fraction of sp³-hybridized carbons (Fsp3) is 0.250. The van der Waals surface area contributed by atoms with Crippen molar-refractivity contribution in [1.29, 1.82) is 0 Å². The van der Waals surface area contributed by atoms with Gasteiger partial charge < -0.3 is 10.2 Å². The first-order valence-electron chi connectivity index (χ1n) is 3.41. The lowest BCUT2D eigenvalue weighted by atomic mass is 10.5. The van der Waals surface area contributed by atoms with Crippen molar-refractivity contribution in [1.82, 2.24) is 4.57 Å². The first kappa shape index (κ1) is 9.06. The van der Waals surface area contributed by atoms with E-state index in [2.05, 4.69) is 6.58 Å². The monoisotopic (exact) mass is 185 g/mol. The Balaban J connectivity index is 3.28. The van der Waals surface area contributed by atoms with Crippen LogP contribution in [0.3, 0.4) is 0 Å². The summed E-state index contributed by atoms with van der Waals surface area (Å²) >= 11 is 1.38. The van der Waals surface area contributed by atoms with Gasteiger partial charge in [-0.2, -0.15) is 0 Å².